The lowest BCUT2D eigenvalue weighted by atomic mass is 10.3. The van der Waals surface area contributed by atoms with Gasteiger partial charge in [-0.3, -0.25) is 0 Å². The van der Waals surface area contributed by atoms with Crippen molar-refractivity contribution in [2.24, 2.45) is 0 Å². The van der Waals surface area contributed by atoms with E-state index in [1.165, 1.54) is 0 Å². The van der Waals surface area contributed by atoms with Gasteiger partial charge in [-0.25, -0.2) is 0 Å². The van der Waals surface area contributed by atoms with Crippen LogP contribution >= 0.6 is 0 Å². The molecule has 0 saturated heterocycles. The van der Waals surface area contributed by atoms with Gasteiger partial charge in [-0.2, -0.15) is 0 Å². The topological polar surface area (TPSA) is 49.0 Å². The normalized spacial score (nSPS) is 10.8. The Morgan fingerprint density at radius 2 is 1.53 bits per heavy atom. The van der Waals surface area contributed by atoms with E-state index >= 15 is 0 Å². The lowest BCUT2D eigenvalue weighted by Crippen LogP contribution is -2.20. The average molecular weight is 275 g/mol. The van der Waals surface area contributed by atoms with Crippen molar-refractivity contribution < 1.29 is 18.9 Å². The predicted molar refractivity (Wildman–Crippen MR) is 76.6 cm³/mol. The Morgan fingerprint density at radius 3 is 2.11 bits per heavy atom. The molecule has 0 saturated carbocycles. The maximum atomic E-state index is 5.45. The first kappa shape index (κ1) is 18.5. The SMILES string of the molecule is C=C(CNCCC)COCCOCCOCCOC. The maximum absolute atomic E-state index is 5.45. The highest BCUT2D eigenvalue weighted by Gasteiger charge is 1.95. The number of hydrogen-bond acceptors (Lipinski definition) is 5. The van der Waals surface area contributed by atoms with E-state index in [1.807, 2.05) is 0 Å². The molecule has 0 radical (unpaired) electrons. The van der Waals surface area contributed by atoms with Crippen molar-refractivity contribution in [1.29, 1.82) is 0 Å². The highest BCUT2D eigenvalue weighted by Crippen LogP contribution is 1.90. The summed E-state index contributed by atoms with van der Waals surface area (Å²) >= 11 is 0. The van der Waals surface area contributed by atoms with Gasteiger partial charge in [0.2, 0.25) is 0 Å². The largest absolute Gasteiger partial charge is 0.382 e. The summed E-state index contributed by atoms with van der Waals surface area (Å²) in [7, 11) is 1.66. The lowest BCUT2D eigenvalue weighted by molar-refractivity contribution is 0.00633. The van der Waals surface area contributed by atoms with Gasteiger partial charge in [0, 0.05) is 13.7 Å². The van der Waals surface area contributed by atoms with Crippen LogP contribution in [-0.4, -0.2) is 66.4 Å². The highest BCUT2D eigenvalue weighted by molar-refractivity contribution is 4.96. The zero-order valence-electron chi connectivity index (χ0n) is 12.4. The molecule has 0 aromatic rings. The summed E-state index contributed by atoms with van der Waals surface area (Å²) in [6.07, 6.45) is 1.13. The van der Waals surface area contributed by atoms with Crippen molar-refractivity contribution in [1.82, 2.24) is 5.32 Å². The van der Waals surface area contributed by atoms with Gasteiger partial charge >= 0.3 is 0 Å². The van der Waals surface area contributed by atoms with Crippen LogP contribution in [0.3, 0.4) is 0 Å². The van der Waals surface area contributed by atoms with Gasteiger partial charge in [-0.1, -0.05) is 13.5 Å². The van der Waals surface area contributed by atoms with Crippen LogP contribution in [0.2, 0.25) is 0 Å². The number of methoxy groups -OCH3 is 1. The molecule has 19 heavy (non-hydrogen) atoms. The molecule has 0 fully saturated rings. The molecule has 0 aliphatic rings. The van der Waals surface area contributed by atoms with E-state index in [4.69, 9.17) is 18.9 Å². The first-order valence-corrected chi connectivity index (χ1v) is 6.90. The van der Waals surface area contributed by atoms with Crippen molar-refractivity contribution >= 4 is 0 Å². The number of ether oxygens (including phenoxy) is 4. The molecule has 114 valence electrons. The fraction of sp³-hybridized carbons (Fsp3) is 0.857. The zero-order valence-corrected chi connectivity index (χ0v) is 12.4. The molecule has 1 N–H and O–H groups in total. The minimum absolute atomic E-state index is 0.587. The Morgan fingerprint density at radius 1 is 0.947 bits per heavy atom. The third-order valence-corrected chi connectivity index (χ3v) is 2.28. The van der Waals surface area contributed by atoms with E-state index in [2.05, 4.69) is 18.8 Å². The van der Waals surface area contributed by atoms with E-state index in [9.17, 15) is 0 Å². The summed E-state index contributed by atoms with van der Waals surface area (Å²) < 4.78 is 20.9. The maximum Gasteiger partial charge on any atom is 0.0704 e. The quantitative estimate of drug-likeness (QED) is 0.360. The van der Waals surface area contributed by atoms with Gasteiger partial charge in [0.25, 0.3) is 0 Å². The van der Waals surface area contributed by atoms with Crippen LogP contribution in [0, 0.1) is 0 Å². The summed E-state index contributed by atoms with van der Waals surface area (Å²) in [4.78, 5) is 0. The molecule has 0 heterocycles. The molecule has 0 atom stereocenters. The van der Waals surface area contributed by atoms with E-state index < -0.39 is 0 Å². The third kappa shape index (κ3) is 15.5. The predicted octanol–water partition coefficient (Wildman–Crippen LogP) is 1.24. The van der Waals surface area contributed by atoms with Crippen LogP contribution in [0.1, 0.15) is 13.3 Å². The van der Waals surface area contributed by atoms with Crippen LogP contribution in [0.15, 0.2) is 12.2 Å². The van der Waals surface area contributed by atoms with E-state index in [0.717, 1.165) is 25.1 Å². The van der Waals surface area contributed by atoms with E-state index in [1.54, 1.807) is 7.11 Å². The second kappa shape index (κ2) is 15.6. The first-order valence-electron chi connectivity index (χ1n) is 6.90. The van der Waals surface area contributed by atoms with E-state index in [0.29, 0.717) is 46.2 Å². The Bertz CT molecular complexity index is 200. The fourth-order valence-corrected chi connectivity index (χ4v) is 1.29. The monoisotopic (exact) mass is 275 g/mol. The molecule has 0 aliphatic heterocycles. The molecule has 0 aliphatic carbocycles. The van der Waals surface area contributed by atoms with Gasteiger partial charge in [-0.05, 0) is 18.5 Å². The highest BCUT2D eigenvalue weighted by atomic mass is 16.6. The summed E-state index contributed by atoms with van der Waals surface area (Å²) in [5.41, 5.74) is 1.07. The second-order valence-electron chi connectivity index (χ2n) is 4.20. The summed E-state index contributed by atoms with van der Waals surface area (Å²) in [5, 5.41) is 3.28. The van der Waals surface area contributed by atoms with E-state index in [-0.39, 0.29) is 0 Å². The second-order valence-corrected chi connectivity index (χ2v) is 4.20. The Labute approximate surface area is 117 Å². The van der Waals surface area contributed by atoms with Crippen LogP contribution < -0.4 is 5.32 Å². The number of nitrogens with one attached hydrogen (secondary N) is 1. The molecular formula is C14H29NO4. The van der Waals surface area contributed by atoms with Crippen LogP contribution in [0.4, 0.5) is 0 Å². The lowest BCUT2D eigenvalue weighted by Gasteiger charge is -2.09. The molecule has 5 nitrogen and oxygen atoms in total. The summed E-state index contributed by atoms with van der Waals surface area (Å²) in [6.45, 7) is 12.1. The molecule has 0 aromatic carbocycles. The van der Waals surface area contributed by atoms with Gasteiger partial charge in [0.05, 0.1) is 46.2 Å². The summed E-state index contributed by atoms with van der Waals surface area (Å²) in [5.74, 6) is 0. The van der Waals surface area contributed by atoms with Gasteiger partial charge in [-0.15, -0.1) is 0 Å². The smallest absolute Gasteiger partial charge is 0.0704 e. The van der Waals surface area contributed by atoms with Crippen molar-refractivity contribution in [2.45, 2.75) is 13.3 Å². The number of rotatable bonds is 15. The van der Waals surface area contributed by atoms with Gasteiger partial charge in [0.1, 0.15) is 0 Å². The Balaban J connectivity index is 3.07. The van der Waals surface area contributed by atoms with Crippen molar-refractivity contribution in [3.8, 4) is 0 Å². The van der Waals surface area contributed by atoms with Crippen molar-refractivity contribution in [3.05, 3.63) is 12.2 Å². The van der Waals surface area contributed by atoms with Gasteiger partial charge in [0.15, 0.2) is 0 Å². The molecule has 0 amide bonds. The number of hydrogen-bond donors (Lipinski definition) is 1. The molecule has 0 unspecified atom stereocenters. The minimum Gasteiger partial charge on any atom is -0.382 e. The van der Waals surface area contributed by atoms with Gasteiger partial charge < -0.3 is 24.3 Å². The standard InChI is InChI=1S/C14H29NO4/c1-4-5-15-12-14(2)13-19-11-10-18-9-8-17-7-6-16-3/h15H,2,4-13H2,1,3H3. The molecular weight excluding hydrogens is 246 g/mol. The molecule has 0 bridgehead atoms. The Hall–Kier alpha value is -0.460. The zero-order chi connectivity index (χ0) is 14.2. The van der Waals surface area contributed by atoms with Crippen molar-refractivity contribution in [2.75, 3.05) is 66.4 Å². The van der Waals surface area contributed by atoms with Crippen LogP contribution in [-0.2, 0) is 18.9 Å². The minimum atomic E-state index is 0.587. The van der Waals surface area contributed by atoms with Crippen molar-refractivity contribution in [3.63, 3.8) is 0 Å². The first-order chi connectivity index (χ1) is 9.31. The molecule has 0 spiro atoms. The molecule has 5 heteroatoms. The Kier molecular flexibility index (Phi) is 15.2. The average Bonchev–Trinajstić information content (AvgIpc) is 2.41. The summed E-state index contributed by atoms with van der Waals surface area (Å²) in [6, 6.07) is 0. The van der Waals surface area contributed by atoms with Crippen LogP contribution in [0.5, 0.6) is 0 Å². The third-order valence-electron chi connectivity index (χ3n) is 2.28. The van der Waals surface area contributed by atoms with Crippen LogP contribution in [0.25, 0.3) is 0 Å². The molecule has 0 rings (SSSR count). The molecule has 0 aromatic heterocycles. The fourth-order valence-electron chi connectivity index (χ4n) is 1.29.